The average molecular weight is 626 g/mol. The summed E-state index contributed by atoms with van der Waals surface area (Å²) in [6.45, 7) is 2.42. The molecule has 11 nitrogen and oxygen atoms in total. The summed E-state index contributed by atoms with van der Waals surface area (Å²) in [5, 5.41) is 24.4. The standard InChI is InChI=1S/C35H39N5O6/c1-2-3-14-31-36-22-30(40(31)23-26-15-17-27(18-16-26)35(44)45)34(43)38-28(19-24-10-6-4-7-11-24)21-37-32(41)29(33(42)39-46)20-25-12-8-5-9-13-25/h4-13,15-18,22,28-29,46H,2-3,14,19-21,23H2,1H3,(H,37,41)(H,38,43)(H,39,42)(H,44,45)/t28-,29?/m0/s1. The third kappa shape index (κ3) is 9.35. The molecule has 11 heteroatoms. The number of carbonyl (C=O) groups excluding carboxylic acids is 3. The highest BCUT2D eigenvalue weighted by molar-refractivity contribution is 6.00. The van der Waals surface area contributed by atoms with E-state index in [2.05, 4.69) is 22.5 Å². The summed E-state index contributed by atoms with van der Waals surface area (Å²) in [5.41, 5.74) is 4.60. The topological polar surface area (TPSA) is 163 Å². The van der Waals surface area contributed by atoms with E-state index in [1.54, 1.807) is 41.9 Å². The number of unbranched alkanes of at least 4 members (excludes halogenated alkanes) is 1. The molecule has 1 unspecified atom stereocenters. The summed E-state index contributed by atoms with van der Waals surface area (Å²) < 4.78 is 1.83. The van der Waals surface area contributed by atoms with Gasteiger partial charge < -0.3 is 20.3 Å². The highest BCUT2D eigenvalue weighted by Crippen LogP contribution is 2.15. The summed E-state index contributed by atoms with van der Waals surface area (Å²) in [5.74, 6) is -3.26. The van der Waals surface area contributed by atoms with Crippen molar-refractivity contribution in [2.75, 3.05) is 6.54 Å². The van der Waals surface area contributed by atoms with Crippen molar-refractivity contribution in [3.8, 4) is 0 Å². The molecule has 2 atom stereocenters. The predicted octanol–water partition coefficient (Wildman–Crippen LogP) is 3.79. The Morgan fingerprint density at radius 2 is 1.46 bits per heavy atom. The summed E-state index contributed by atoms with van der Waals surface area (Å²) in [6, 6.07) is 24.5. The van der Waals surface area contributed by atoms with Gasteiger partial charge in [0.25, 0.3) is 11.8 Å². The van der Waals surface area contributed by atoms with Gasteiger partial charge in [-0.05, 0) is 48.1 Å². The number of hydrogen-bond acceptors (Lipinski definition) is 6. The van der Waals surface area contributed by atoms with Crippen LogP contribution in [-0.4, -0.2) is 56.1 Å². The first-order valence-corrected chi connectivity index (χ1v) is 15.3. The number of benzene rings is 3. The minimum absolute atomic E-state index is 0.0247. The van der Waals surface area contributed by atoms with Gasteiger partial charge in [0.1, 0.15) is 17.4 Å². The molecule has 5 N–H and O–H groups in total. The van der Waals surface area contributed by atoms with Crippen LogP contribution in [0.2, 0.25) is 0 Å². The zero-order valence-electron chi connectivity index (χ0n) is 25.7. The fraction of sp³-hybridized carbons (Fsp3) is 0.286. The van der Waals surface area contributed by atoms with E-state index in [1.165, 1.54) is 18.3 Å². The second-order valence-corrected chi connectivity index (χ2v) is 11.1. The maximum atomic E-state index is 13.8. The van der Waals surface area contributed by atoms with Crippen molar-refractivity contribution in [1.29, 1.82) is 0 Å². The third-order valence-corrected chi connectivity index (χ3v) is 7.68. The Bertz CT molecular complexity index is 1610. The monoisotopic (exact) mass is 625 g/mol. The number of aromatic carboxylic acids is 1. The van der Waals surface area contributed by atoms with Gasteiger partial charge in [0, 0.05) is 19.5 Å². The quantitative estimate of drug-likeness (QED) is 0.0719. The SMILES string of the molecule is CCCCc1ncc(C(=O)N[C@H](CNC(=O)C(Cc2ccccc2)C(=O)NO)Cc2ccccc2)n1Cc1ccc(C(=O)O)cc1. The summed E-state index contributed by atoms with van der Waals surface area (Å²) in [4.78, 5) is 55.3. The maximum absolute atomic E-state index is 13.8. The Morgan fingerprint density at radius 3 is 2.04 bits per heavy atom. The van der Waals surface area contributed by atoms with Gasteiger partial charge in [-0.3, -0.25) is 19.6 Å². The molecule has 0 saturated heterocycles. The maximum Gasteiger partial charge on any atom is 0.335 e. The highest BCUT2D eigenvalue weighted by Gasteiger charge is 2.28. The van der Waals surface area contributed by atoms with Gasteiger partial charge in [-0.1, -0.05) is 86.1 Å². The third-order valence-electron chi connectivity index (χ3n) is 7.68. The average Bonchev–Trinajstić information content (AvgIpc) is 3.47. The van der Waals surface area contributed by atoms with E-state index >= 15 is 0 Å². The first-order valence-electron chi connectivity index (χ1n) is 15.3. The molecule has 0 aliphatic heterocycles. The Kier molecular flexibility index (Phi) is 12.2. The molecule has 0 saturated carbocycles. The molecule has 0 bridgehead atoms. The molecular weight excluding hydrogens is 586 g/mol. The molecule has 4 rings (SSSR count). The highest BCUT2D eigenvalue weighted by atomic mass is 16.5. The molecule has 4 aromatic rings. The number of nitrogens with one attached hydrogen (secondary N) is 3. The minimum Gasteiger partial charge on any atom is -0.478 e. The van der Waals surface area contributed by atoms with Gasteiger partial charge in [-0.25, -0.2) is 15.3 Å². The molecule has 0 radical (unpaired) electrons. The van der Waals surface area contributed by atoms with Crippen LogP contribution in [0.1, 0.15) is 63.1 Å². The predicted molar refractivity (Wildman–Crippen MR) is 171 cm³/mol. The molecule has 1 heterocycles. The Morgan fingerprint density at radius 1 is 0.826 bits per heavy atom. The van der Waals surface area contributed by atoms with Crippen LogP contribution >= 0.6 is 0 Å². The zero-order valence-corrected chi connectivity index (χ0v) is 25.7. The number of carboxylic acids is 1. The Balaban J connectivity index is 1.54. The van der Waals surface area contributed by atoms with Crippen molar-refractivity contribution in [3.05, 3.63) is 125 Å². The molecule has 0 spiro atoms. The number of aryl methyl sites for hydroxylation is 1. The number of carbonyl (C=O) groups is 4. The van der Waals surface area contributed by atoms with Gasteiger partial charge in [0.05, 0.1) is 17.8 Å². The van der Waals surface area contributed by atoms with Crippen LogP contribution in [0.15, 0.2) is 91.1 Å². The van der Waals surface area contributed by atoms with Crippen LogP contribution in [0.5, 0.6) is 0 Å². The number of carboxylic acid groups (broad SMARTS) is 1. The second kappa shape index (κ2) is 16.7. The lowest BCUT2D eigenvalue weighted by Gasteiger charge is -2.22. The molecule has 3 aromatic carbocycles. The van der Waals surface area contributed by atoms with Crippen molar-refractivity contribution in [2.45, 2.75) is 51.6 Å². The van der Waals surface area contributed by atoms with Crippen LogP contribution in [0.4, 0.5) is 0 Å². The van der Waals surface area contributed by atoms with E-state index < -0.39 is 29.7 Å². The van der Waals surface area contributed by atoms with E-state index in [9.17, 15) is 29.5 Å². The smallest absolute Gasteiger partial charge is 0.335 e. The zero-order chi connectivity index (χ0) is 32.9. The molecule has 0 aliphatic carbocycles. The summed E-state index contributed by atoms with van der Waals surface area (Å²) >= 11 is 0. The summed E-state index contributed by atoms with van der Waals surface area (Å²) in [6.07, 6.45) is 4.50. The minimum atomic E-state index is -1.18. The van der Waals surface area contributed by atoms with Crippen molar-refractivity contribution >= 4 is 23.7 Å². The Hall–Kier alpha value is -5.29. The lowest BCUT2D eigenvalue weighted by Crippen LogP contribution is -2.48. The van der Waals surface area contributed by atoms with Crippen LogP contribution in [-0.2, 0) is 35.4 Å². The molecule has 46 heavy (non-hydrogen) atoms. The molecule has 3 amide bonds. The molecular formula is C35H39N5O6. The van der Waals surface area contributed by atoms with Crippen molar-refractivity contribution in [3.63, 3.8) is 0 Å². The summed E-state index contributed by atoms with van der Waals surface area (Å²) in [7, 11) is 0. The number of imidazole rings is 1. The van der Waals surface area contributed by atoms with Gasteiger partial charge in [0.15, 0.2) is 0 Å². The van der Waals surface area contributed by atoms with E-state index in [4.69, 9.17) is 0 Å². The lowest BCUT2D eigenvalue weighted by atomic mass is 9.97. The van der Waals surface area contributed by atoms with Crippen molar-refractivity contribution < 1.29 is 29.5 Å². The number of nitrogens with zero attached hydrogens (tertiary/aromatic N) is 2. The number of rotatable bonds is 16. The normalized spacial score (nSPS) is 12.1. The molecule has 1 aromatic heterocycles. The second-order valence-electron chi connectivity index (χ2n) is 11.1. The van der Waals surface area contributed by atoms with Gasteiger partial charge in [-0.2, -0.15) is 0 Å². The fourth-order valence-corrected chi connectivity index (χ4v) is 5.15. The first kappa shape index (κ1) is 33.6. The van der Waals surface area contributed by atoms with Crippen molar-refractivity contribution in [1.82, 2.24) is 25.7 Å². The van der Waals surface area contributed by atoms with Gasteiger partial charge >= 0.3 is 5.97 Å². The number of hydroxylamine groups is 1. The number of hydrogen-bond donors (Lipinski definition) is 5. The van der Waals surface area contributed by atoms with Crippen LogP contribution in [0.3, 0.4) is 0 Å². The van der Waals surface area contributed by atoms with Crippen LogP contribution in [0.25, 0.3) is 0 Å². The molecule has 0 aliphatic rings. The fourth-order valence-electron chi connectivity index (χ4n) is 5.15. The molecule has 0 fully saturated rings. The van der Waals surface area contributed by atoms with Gasteiger partial charge in [-0.15, -0.1) is 0 Å². The largest absolute Gasteiger partial charge is 0.478 e. The van der Waals surface area contributed by atoms with E-state index in [-0.39, 0.29) is 24.4 Å². The van der Waals surface area contributed by atoms with Crippen LogP contribution in [0, 0.1) is 5.92 Å². The van der Waals surface area contributed by atoms with E-state index in [0.29, 0.717) is 25.1 Å². The number of amides is 3. The first-order chi connectivity index (χ1) is 22.3. The molecule has 240 valence electrons. The van der Waals surface area contributed by atoms with Crippen molar-refractivity contribution in [2.24, 2.45) is 5.92 Å². The lowest BCUT2D eigenvalue weighted by molar-refractivity contribution is -0.140. The number of aromatic nitrogens is 2. The van der Waals surface area contributed by atoms with E-state index in [1.807, 2.05) is 41.0 Å². The van der Waals surface area contributed by atoms with Crippen LogP contribution < -0.4 is 16.1 Å². The van der Waals surface area contributed by atoms with E-state index in [0.717, 1.165) is 35.4 Å². The van der Waals surface area contributed by atoms with Gasteiger partial charge in [0.2, 0.25) is 5.91 Å². The Labute approximate surface area is 267 Å².